The summed E-state index contributed by atoms with van der Waals surface area (Å²) in [6, 6.07) is 0. The Hall–Kier alpha value is -0.260. The van der Waals surface area contributed by atoms with Crippen molar-refractivity contribution in [2.75, 3.05) is 14.2 Å². The number of rotatable bonds is 7. The summed E-state index contributed by atoms with van der Waals surface area (Å²) >= 11 is 0. The standard InChI is InChI=1S/C14H26O7P2/c1-7-13(4,21-23(16,17)18)14(22(15,19-5)20-6)11-9-8-10-12(14,2)3/h8-11H,7H2,1-6H3,(H2,16,17,18). The fourth-order valence-electron chi connectivity index (χ4n) is 3.45. The van der Waals surface area contributed by atoms with Gasteiger partial charge in [-0.05, 0) is 13.3 Å². The van der Waals surface area contributed by atoms with Crippen molar-refractivity contribution in [1.82, 2.24) is 0 Å². The van der Waals surface area contributed by atoms with Crippen molar-refractivity contribution in [2.45, 2.75) is 44.9 Å². The third kappa shape index (κ3) is 3.29. The molecule has 0 saturated carbocycles. The lowest BCUT2D eigenvalue weighted by atomic mass is 9.66. The van der Waals surface area contributed by atoms with Crippen molar-refractivity contribution >= 4 is 15.4 Å². The van der Waals surface area contributed by atoms with E-state index in [9.17, 15) is 18.9 Å². The molecule has 1 aliphatic carbocycles. The molecule has 2 unspecified atom stereocenters. The Morgan fingerprint density at radius 3 is 1.91 bits per heavy atom. The van der Waals surface area contributed by atoms with E-state index in [4.69, 9.17) is 13.6 Å². The zero-order valence-electron chi connectivity index (χ0n) is 14.3. The molecule has 2 N–H and O–H groups in total. The molecule has 7 nitrogen and oxygen atoms in total. The summed E-state index contributed by atoms with van der Waals surface area (Å²) < 4.78 is 40.7. The first-order valence-corrected chi connectivity index (χ1v) is 10.3. The van der Waals surface area contributed by atoms with Gasteiger partial charge in [-0.1, -0.05) is 45.1 Å². The van der Waals surface area contributed by atoms with Crippen molar-refractivity contribution in [1.29, 1.82) is 0 Å². The smallest absolute Gasteiger partial charge is 0.311 e. The molecule has 0 bridgehead atoms. The first-order valence-electron chi connectivity index (χ1n) is 7.20. The van der Waals surface area contributed by atoms with Crippen molar-refractivity contribution in [2.24, 2.45) is 5.41 Å². The second kappa shape index (κ2) is 6.57. The van der Waals surface area contributed by atoms with Crippen LogP contribution in [0.4, 0.5) is 0 Å². The quantitative estimate of drug-likeness (QED) is 0.661. The number of phosphoric ester groups is 1. The highest BCUT2D eigenvalue weighted by Crippen LogP contribution is 2.73. The molecule has 0 aromatic rings. The van der Waals surface area contributed by atoms with Gasteiger partial charge >= 0.3 is 15.4 Å². The van der Waals surface area contributed by atoms with Crippen molar-refractivity contribution < 1.29 is 32.5 Å². The van der Waals surface area contributed by atoms with E-state index in [1.54, 1.807) is 45.1 Å². The lowest BCUT2D eigenvalue weighted by Crippen LogP contribution is -2.60. The molecule has 0 fully saturated rings. The van der Waals surface area contributed by atoms with Crippen LogP contribution in [-0.2, 0) is 22.7 Å². The molecular formula is C14H26O7P2. The van der Waals surface area contributed by atoms with E-state index in [1.807, 2.05) is 0 Å². The van der Waals surface area contributed by atoms with Gasteiger partial charge < -0.3 is 18.8 Å². The van der Waals surface area contributed by atoms with Crippen LogP contribution in [0, 0.1) is 5.41 Å². The molecule has 23 heavy (non-hydrogen) atoms. The second-order valence-corrected chi connectivity index (χ2v) is 9.83. The van der Waals surface area contributed by atoms with Gasteiger partial charge in [0, 0.05) is 19.6 Å². The third-order valence-corrected chi connectivity index (χ3v) is 8.32. The van der Waals surface area contributed by atoms with Gasteiger partial charge in [-0.15, -0.1) is 0 Å². The molecule has 9 heteroatoms. The zero-order valence-corrected chi connectivity index (χ0v) is 16.1. The van der Waals surface area contributed by atoms with Gasteiger partial charge in [0.05, 0.1) is 5.60 Å². The summed E-state index contributed by atoms with van der Waals surface area (Å²) in [5, 5.41) is -1.43. The maximum Gasteiger partial charge on any atom is 0.470 e. The van der Waals surface area contributed by atoms with Crippen LogP contribution in [0.1, 0.15) is 34.1 Å². The average molecular weight is 368 g/mol. The second-order valence-electron chi connectivity index (χ2n) is 6.24. The van der Waals surface area contributed by atoms with Gasteiger partial charge in [-0.25, -0.2) is 4.57 Å². The third-order valence-electron chi connectivity index (χ3n) is 4.66. The van der Waals surface area contributed by atoms with Crippen LogP contribution in [0.15, 0.2) is 24.3 Å². The Balaban J connectivity index is 3.79. The number of hydrogen-bond donors (Lipinski definition) is 2. The van der Waals surface area contributed by atoms with Gasteiger partial charge in [-0.2, -0.15) is 0 Å². The van der Waals surface area contributed by atoms with Crippen LogP contribution in [0.2, 0.25) is 0 Å². The van der Waals surface area contributed by atoms with Crippen LogP contribution in [0.5, 0.6) is 0 Å². The molecular weight excluding hydrogens is 342 g/mol. The predicted molar refractivity (Wildman–Crippen MR) is 88.2 cm³/mol. The summed E-state index contributed by atoms with van der Waals surface area (Å²) in [5.41, 5.74) is -2.32. The van der Waals surface area contributed by atoms with Gasteiger partial charge in [0.25, 0.3) is 0 Å². The average Bonchev–Trinajstić information content (AvgIpc) is 2.44. The van der Waals surface area contributed by atoms with E-state index >= 15 is 0 Å². The maximum atomic E-state index is 13.5. The van der Waals surface area contributed by atoms with E-state index in [0.29, 0.717) is 0 Å². The molecule has 0 aromatic heterocycles. The molecule has 0 amide bonds. The van der Waals surface area contributed by atoms with E-state index in [-0.39, 0.29) is 6.42 Å². The Bertz CT molecular complexity index is 584. The van der Waals surface area contributed by atoms with E-state index in [1.165, 1.54) is 21.1 Å². The lowest BCUT2D eigenvalue weighted by molar-refractivity contribution is -0.0163. The van der Waals surface area contributed by atoms with Crippen LogP contribution < -0.4 is 0 Å². The number of allylic oxidation sites excluding steroid dienone is 3. The molecule has 0 radical (unpaired) electrons. The van der Waals surface area contributed by atoms with Crippen LogP contribution >= 0.6 is 15.4 Å². The SMILES string of the molecule is CCC(C)(OP(=O)(O)O)C1(P(=O)(OC)OC)C=CC=CC1(C)C. The van der Waals surface area contributed by atoms with Crippen LogP contribution in [0.25, 0.3) is 0 Å². The number of phosphoric acid groups is 1. The molecule has 134 valence electrons. The molecule has 0 saturated heterocycles. The van der Waals surface area contributed by atoms with E-state index in [2.05, 4.69) is 0 Å². The van der Waals surface area contributed by atoms with Gasteiger partial charge in [0.1, 0.15) is 5.16 Å². The summed E-state index contributed by atoms with van der Waals surface area (Å²) in [4.78, 5) is 18.8. The molecule has 0 aromatic carbocycles. The van der Waals surface area contributed by atoms with E-state index < -0.39 is 31.6 Å². The summed E-state index contributed by atoms with van der Waals surface area (Å²) in [6.45, 7) is 6.82. The normalized spacial score (nSPS) is 27.0. The molecule has 2 atom stereocenters. The first-order chi connectivity index (χ1) is 10.3. The Labute approximate surface area is 137 Å². The fourth-order valence-corrected chi connectivity index (χ4v) is 6.88. The van der Waals surface area contributed by atoms with Gasteiger partial charge in [-0.3, -0.25) is 9.09 Å². The topological polar surface area (TPSA) is 102 Å². The lowest BCUT2D eigenvalue weighted by Gasteiger charge is -2.55. The Kier molecular flexibility index (Phi) is 5.93. The predicted octanol–water partition coefficient (Wildman–Crippen LogP) is 3.64. The molecule has 1 aliphatic rings. The minimum absolute atomic E-state index is 0.177. The molecule has 0 aliphatic heterocycles. The Morgan fingerprint density at radius 2 is 1.57 bits per heavy atom. The van der Waals surface area contributed by atoms with Crippen LogP contribution in [-0.4, -0.2) is 34.8 Å². The highest BCUT2D eigenvalue weighted by molar-refractivity contribution is 7.56. The maximum absolute atomic E-state index is 13.5. The molecule has 0 heterocycles. The van der Waals surface area contributed by atoms with Crippen molar-refractivity contribution in [3.05, 3.63) is 24.3 Å². The number of hydrogen-bond acceptors (Lipinski definition) is 5. The van der Waals surface area contributed by atoms with Crippen molar-refractivity contribution in [3.8, 4) is 0 Å². The summed E-state index contributed by atoms with van der Waals surface area (Å²) in [6.07, 6.45) is 7.03. The first kappa shape index (κ1) is 20.8. The summed E-state index contributed by atoms with van der Waals surface area (Å²) in [7, 11) is -6.19. The van der Waals surface area contributed by atoms with Crippen LogP contribution in [0.3, 0.4) is 0 Å². The molecule has 1 rings (SSSR count). The minimum atomic E-state index is -4.85. The van der Waals surface area contributed by atoms with E-state index in [0.717, 1.165) is 0 Å². The highest BCUT2D eigenvalue weighted by Gasteiger charge is 2.68. The van der Waals surface area contributed by atoms with Crippen molar-refractivity contribution in [3.63, 3.8) is 0 Å². The molecule has 0 spiro atoms. The van der Waals surface area contributed by atoms with Gasteiger partial charge in [0.15, 0.2) is 0 Å². The Morgan fingerprint density at radius 1 is 1.09 bits per heavy atom. The zero-order chi connectivity index (χ0) is 18.2. The largest absolute Gasteiger partial charge is 0.470 e. The fraction of sp³-hybridized carbons (Fsp3) is 0.714. The van der Waals surface area contributed by atoms with Gasteiger partial charge in [0.2, 0.25) is 0 Å². The minimum Gasteiger partial charge on any atom is -0.311 e. The highest BCUT2D eigenvalue weighted by atomic mass is 31.2. The summed E-state index contributed by atoms with van der Waals surface area (Å²) in [5.74, 6) is 0. The monoisotopic (exact) mass is 368 g/mol.